The van der Waals surface area contributed by atoms with Crippen molar-refractivity contribution in [3.8, 4) is 5.75 Å². The van der Waals surface area contributed by atoms with Gasteiger partial charge in [0.15, 0.2) is 0 Å². The fraction of sp³-hybridized carbons (Fsp3) is 0.462. The van der Waals surface area contributed by atoms with Gasteiger partial charge in [-0.25, -0.2) is 17.9 Å². The molecule has 1 unspecified atom stereocenters. The number of methoxy groups -OCH3 is 1. The number of hydrogen-bond donors (Lipinski definition) is 2. The minimum Gasteiger partial charge on any atom is -0.496 e. The third-order valence-electron chi connectivity index (χ3n) is 3.31. The predicted octanol–water partition coefficient (Wildman–Crippen LogP) is 0.851. The Balaban J connectivity index is 2.36. The Bertz CT molecular complexity index is 649. The zero-order chi connectivity index (χ0) is 15.7. The third-order valence-corrected chi connectivity index (χ3v) is 4.95. The van der Waals surface area contributed by atoms with Gasteiger partial charge in [-0.3, -0.25) is 0 Å². The van der Waals surface area contributed by atoms with E-state index in [0.29, 0.717) is 13.0 Å². The Morgan fingerprint density at radius 3 is 2.71 bits per heavy atom. The summed E-state index contributed by atoms with van der Waals surface area (Å²) in [6.45, 7) is 2.52. The van der Waals surface area contributed by atoms with Crippen molar-refractivity contribution in [2.24, 2.45) is 0 Å². The van der Waals surface area contributed by atoms with E-state index in [1.54, 1.807) is 6.92 Å². The maximum Gasteiger partial charge on any atom is 0.339 e. The molecule has 0 radical (unpaired) electrons. The van der Waals surface area contributed by atoms with Crippen LogP contribution >= 0.6 is 0 Å². The zero-order valence-corrected chi connectivity index (χ0v) is 12.6. The van der Waals surface area contributed by atoms with Crippen LogP contribution in [0, 0.1) is 0 Å². The minimum atomic E-state index is -3.83. The normalized spacial score (nSPS) is 22.2. The van der Waals surface area contributed by atoms with E-state index in [0.717, 1.165) is 6.07 Å². The van der Waals surface area contributed by atoms with E-state index >= 15 is 0 Å². The van der Waals surface area contributed by atoms with Crippen LogP contribution in [0.25, 0.3) is 0 Å². The lowest BCUT2D eigenvalue weighted by atomic mass is 10.0. The summed E-state index contributed by atoms with van der Waals surface area (Å²) < 4.78 is 37.4. The van der Waals surface area contributed by atoms with Crippen LogP contribution in [0.2, 0.25) is 0 Å². The Hall–Kier alpha value is -1.64. The molecule has 1 aromatic rings. The molecule has 0 saturated carbocycles. The fourth-order valence-electron chi connectivity index (χ4n) is 2.15. The molecule has 0 spiro atoms. The summed E-state index contributed by atoms with van der Waals surface area (Å²) in [5, 5.41) is 9.11. The van der Waals surface area contributed by atoms with Crippen molar-refractivity contribution in [3.63, 3.8) is 0 Å². The first-order valence-corrected chi connectivity index (χ1v) is 7.79. The summed E-state index contributed by atoms with van der Waals surface area (Å²) in [7, 11) is -2.51. The van der Waals surface area contributed by atoms with Crippen molar-refractivity contribution in [2.45, 2.75) is 23.8 Å². The molecule has 0 aliphatic carbocycles. The van der Waals surface area contributed by atoms with Gasteiger partial charge in [-0.2, -0.15) is 0 Å². The molecule has 1 aliphatic rings. The monoisotopic (exact) mass is 315 g/mol. The Kier molecular flexibility index (Phi) is 4.22. The van der Waals surface area contributed by atoms with Crippen molar-refractivity contribution < 1.29 is 27.8 Å². The highest BCUT2D eigenvalue weighted by Gasteiger charge is 2.35. The molecule has 0 aromatic heterocycles. The van der Waals surface area contributed by atoms with Crippen LogP contribution in [0.4, 0.5) is 0 Å². The molecule has 2 N–H and O–H groups in total. The van der Waals surface area contributed by atoms with Crippen LogP contribution in [0.3, 0.4) is 0 Å². The molecular formula is C13H17NO6S. The summed E-state index contributed by atoms with van der Waals surface area (Å²) >= 11 is 0. The van der Waals surface area contributed by atoms with E-state index in [4.69, 9.17) is 14.6 Å². The molecular weight excluding hydrogens is 298 g/mol. The third kappa shape index (κ3) is 3.34. The minimum absolute atomic E-state index is 0.108. The first kappa shape index (κ1) is 15.7. The molecule has 116 valence electrons. The molecule has 1 atom stereocenters. The van der Waals surface area contributed by atoms with Crippen molar-refractivity contribution in [2.75, 3.05) is 20.3 Å². The van der Waals surface area contributed by atoms with Crippen LogP contribution in [-0.2, 0) is 14.8 Å². The van der Waals surface area contributed by atoms with Crippen LogP contribution < -0.4 is 9.46 Å². The molecule has 0 amide bonds. The molecule has 0 bridgehead atoms. The number of sulfonamides is 1. The number of carboxylic acids is 1. The maximum atomic E-state index is 12.4. The molecule has 1 aromatic carbocycles. The van der Waals surface area contributed by atoms with Gasteiger partial charge in [0.1, 0.15) is 11.3 Å². The summed E-state index contributed by atoms with van der Waals surface area (Å²) in [6, 6.07) is 3.72. The second-order valence-corrected chi connectivity index (χ2v) is 6.82. The van der Waals surface area contributed by atoms with E-state index in [9.17, 15) is 13.2 Å². The Labute approximate surface area is 122 Å². The standard InChI is InChI=1S/C13H17NO6S/c1-13(5-6-20-8-13)14-21(17,18)9-3-4-11(19-2)10(7-9)12(15)16/h3-4,7,14H,5-6,8H2,1-2H3,(H,15,16). The SMILES string of the molecule is COc1ccc(S(=O)(=O)NC2(C)CCOC2)cc1C(=O)O. The molecule has 21 heavy (non-hydrogen) atoms. The number of hydrogen-bond acceptors (Lipinski definition) is 5. The van der Waals surface area contributed by atoms with Gasteiger partial charge in [0.05, 0.1) is 24.2 Å². The van der Waals surface area contributed by atoms with Gasteiger partial charge >= 0.3 is 5.97 Å². The van der Waals surface area contributed by atoms with Crippen LogP contribution in [0.5, 0.6) is 5.75 Å². The first-order valence-electron chi connectivity index (χ1n) is 6.30. The highest BCUT2D eigenvalue weighted by molar-refractivity contribution is 7.89. The molecule has 7 nitrogen and oxygen atoms in total. The van der Waals surface area contributed by atoms with Gasteiger partial charge in [0.25, 0.3) is 0 Å². The van der Waals surface area contributed by atoms with E-state index in [2.05, 4.69) is 4.72 Å². The number of rotatable bonds is 5. The molecule has 8 heteroatoms. The summed E-state index contributed by atoms with van der Waals surface area (Å²) in [5.41, 5.74) is -0.879. The maximum absolute atomic E-state index is 12.4. The van der Waals surface area contributed by atoms with Gasteiger partial charge in [0.2, 0.25) is 10.0 Å². The lowest BCUT2D eigenvalue weighted by Crippen LogP contribution is -2.46. The van der Waals surface area contributed by atoms with Crippen LogP contribution in [0.1, 0.15) is 23.7 Å². The number of nitrogens with one attached hydrogen (secondary N) is 1. The second-order valence-electron chi connectivity index (χ2n) is 5.14. The first-order chi connectivity index (χ1) is 9.77. The van der Waals surface area contributed by atoms with Crippen molar-refractivity contribution in [3.05, 3.63) is 23.8 Å². The van der Waals surface area contributed by atoms with Crippen LogP contribution in [-0.4, -0.2) is 45.4 Å². The average molecular weight is 315 g/mol. The van der Waals surface area contributed by atoms with E-state index in [1.165, 1.54) is 19.2 Å². The molecule has 2 rings (SSSR count). The number of carboxylic acid groups (broad SMARTS) is 1. The lowest BCUT2D eigenvalue weighted by Gasteiger charge is -2.23. The molecule has 1 saturated heterocycles. The highest BCUT2D eigenvalue weighted by atomic mass is 32.2. The largest absolute Gasteiger partial charge is 0.496 e. The molecule has 1 heterocycles. The van der Waals surface area contributed by atoms with Gasteiger partial charge < -0.3 is 14.6 Å². The van der Waals surface area contributed by atoms with Gasteiger partial charge in [-0.05, 0) is 31.5 Å². The van der Waals surface area contributed by atoms with E-state index < -0.39 is 21.5 Å². The smallest absolute Gasteiger partial charge is 0.339 e. The van der Waals surface area contributed by atoms with Crippen LogP contribution in [0.15, 0.2) is 23.1 Å². The summed E-state index contributed by atoms with van der Waals surface area (Å²) in [4.78, 5) is 11.0. The van der Waals surface area contributed by atoms with Crippen molar-refractivity contribution >= 4 is 16.0 Å². The fourth-order valence-corrected chi connectivity index (χ4v) is 3.60. The van der Waals surface area contributed by atoms with Gasteiger partial charge in [-0.1, -0.05) is 0 Å². The number of aromatic carboxylic acids is 1. The van der Waals surface area contributed by atoms with E-state index in [1.807, 2.05) is 0 Å². The number of carbonyl (C=O) groups is 1. The quantitative estimate of drug-likeness (QED) is 0.835. The molecule has 1 aliphatic heterocycles. The Morgan fingerprint density at radius 1 is 1.48 bits per heavy atom. The van der Waals surface area contributed by atoms with Crippen molar-refractivity contribution in [1.29, 1.82) is 0 Å². The van der Waals surface area contributed by atoms with E-state index in [-0.39, 0.29) is 22.8 Å². The summed E-state index contributed by atoms with van der Waals surface area (Å²) in [5.74, 6) is -1.14. The number of ether oxygens (including phenoxy) is 2. The number of benzene rings is 1. The van der Waals surface area contributed by atoms with Crippen molar-refractivity contribution in [1.82, 2.24) is 4.72 Å². The molecule has 1 fully saturated rings. The highest BCUT2D eigenvalue weighted by Crippen LogP contribution is 2.25. The summed E-state index contributed by atoms with van der Waals surface area (Å²) in [6.07, 6.45) is 0.564. The predicted molar refractivity (Wildman–Crippen MR) is 74.1 cm³/mol. The van der Waals surface area contributed by atoms with Gasteiger partial charge in [0, 0.05) is 6.61 Å². The van der Waals surface area contributed by atoms with Gasteiger partial charge in [-0.15, -0.1) is 0 Å². The average Bonchev–Trinajstić information content (AvgIpc) is 2.83. The second kappa shape index (κ2) is 5.63. The Morgan fingerprint density at radius 2 is 2.19 bits per heavy atom. The lowest BCUT2D eigenvalue weighted by molar-refractivity contribution is 0.0693. The topological polar surface area (TPSA) is 102 Å². The zero-order valence-electron chi connectivity index (χ0n) is 11.8.